The van der Waals surface area contributed by atoms with Crippen LogP contribution in [0.1, 0.15) is 39.4 Å². The second kappa shape index (κ2) is 6.64. The van der Waals surface area contributed by atoms with Crippen molar-refractivity contribution in [2.45, 2.75) is 40.7 Å². The van der Waals surface area contributed by atoms with Crippen molar-refractivity contribution in [1.82, 2.24) is 9.55 Å². The van der Waals surface area contributed by atoms with Gasteiger partial charge in [-0.15, -0.1) is 0 Å². The van der Waals surface area contributed by atoms with Gasteiger partial charge in [0, 0.05) is 25.4 Å². The SMILES string of the molecule is Cc1cn(C(C)C)c(NCCOCC(C)C)n1. The van der Waals surface area contributed by atoms with Crippen LogP contribution in [0.5, 0.6) is 0 Å². The average molecular weight is 239 g/mol. The van der Waals surface area contributed by atoms with Crippen LogP contribution in [0.25, 0.3) is 0 Å². The fourth-order valence-electron chi connectivity index (χ4n) is 1.59. The Bertz CT molecular complexity index is 331. The maximum absolute atomic E-state index is 5.52. The first kappa shape index (κ1) is 14.0. The van der Waals surface area contributed by atoms with E-state index in [-0.39, 0.29) is 0 Å². The lowest BCUT2D eigenvalue weighted by Gasteiger charge is -2.13. The molecular weight excluding hydrogens is 214 g/mol. The van der Waals surface area contributed by atoms with Gasteiger partial charge in [-0.25, -0.2) is 4.98 Å². The summed E-state index contributed by atoms with van der Waals surface area (Å²) in [4.78, 5) is 4.46. The maximum Gasteiger partial charge on any atom is 0.203 e. The average Bonchev–Trinajstić information content (AvgIpc) is 2.59. The quantitative estimate of drug-likeness (QED) is 0.744. The lowest BCUT2D eigenvalue weighted by Crippen LogP contribution is -2.15. The lowest BCUT2D eigenvalue weighted by molar-refractivity contribution is 0.118. The van der Waals surface area contributed by atoms with Gasteiger partial charge in [-0.2, -0.15) is 0 Å². The molecule has 0 spiro atoms. The summed E-state index contributed by atoms with van der Waals surface area (Å²) in [6, 6.07) is 0.426. The Labute approximate surface area is 104 Å². The van der Waals surface area contributed by atoms with E-state index >= 15 is 0 Å². The fraction of sp³-hybridized carbons (Fsp3) is 0.769. The summed E-state index contributed by atoms with van der Waals surface area (Å²) < 4.78 is 7.67. The standard InChI is InChI=1S/C13H25N3O/c1-10(2)9-17-7-6-14-13-15-12(5)8-16(13)11(3)4/h8,10-11H,6-7,9H2,1-5H3,(H,14,15). The molecule has 0 saturated carbocycles. The number of aromatic nitrogens is 2. The zero-order valence-electron chi connectivity index (χ0n) is 11.7. The molecule has 0 aliphatic carbocycles. The highest BCUT2D eigenvalue weighted by Gasteiger charge is 2.07. The minimum atomic E-state index is 0.426. The Morgan fingerprint density at radius 2 is 2.06 bits per heavy atom. The van der Waals surface area contributed by atoms with Gasteiger partial charge < -0.3 is 14.6 Å². The van der Waals surface area contributed by atoms with Crippen LogP contribution in [0, 0.1) is 12.8 Å². The molecule has 0 saturated heterocycles. The van der Waals surface area contributed by atoms with E-state index in [4.69, 9.17) is 4.74 Å². The van der Waals surface area contributed by atoms with Crippen molar-refractivity contribution >= 4 is 5.95 Å². The van der Waals surface area contributed by atoms with E-state index in [2.05, 4.69) is 48.8 Å². The van der Waals surface area contributed by atoms with Crippen molar-refractivity contribution in [2.24, 2.45) is 5.92 Å². The summed E-state index contributed by atoms with van der Waals surface area (Å²) in [5.41, 5.74) is 1.05. The number of nitrogens with one attached hydrogen (secondary N) is 1. The van der Waals surface area contributed by atoms with E-state index in [0.29, 0.717) is 12.0 Å². The summed E-state index contributed by atoms with van der Waals surface area (Å²) in [6.45, 7) is 13.0. The largest absolute Gasteiger partial charge is 0.379 e. The summed E-state index contributed by atoms with van der Waals surface area (Å²) in [7, 11) is 0. The zero-order valence-corrected chi connectivity index (χ0v) is 11.7. The van der Waals surface area contributed by atoms with E-state index < -0.39 is 0 Å². The second-order valence-electron chi connectivity index (χ2n) is 5.10. The van der Waals surface area contributed by atoms with Crippen LogP contribution in [0.2, 0.25) is 0 Å². The molecule has 0 unspecified atom stereocenters. The molecule has 1 N–H and O–H groups in total. The van der Waals surface area contributed by atoms with E-state index in [1.807, 2.05) is 6.92 Å². The minimum Gasteiger partial charge on any atom is -0.379 e. The van der Waals surface area contributed by atoms with Crippen LogP contribution in [-0.4, -0.2) is 29.3 Å². The second-order valence-corrected chi connectivity index (χ2v) is 5.10. The number of rotatable bonds is 7. The van der Waals surface area contributed by atoms with E-state index in [1.165, 1.54) is 0 Å². The number of hydrogen-bond acceptors (Lipinski definition) is 3. The number of hydrogen-bond donors (Lipinski definition) is 1. The first-order chi connectivity index (χ1) is 8.00. The Morgan fingerprint density at radius 3 is 2.65 bits per heavy atom. The molecule has 4 nitrogen and oxygen atoms in total. The number of aryl methyl sites for hydroxylation is 1. The summed E-state index contributed by atoms with van der Waals surface area (Å²) in [6.07, 6.45) is 2.07. The van der Waals surface area contributed by atoms with Gasteiger partial charge in [0.2, 0.25) is 5.95 Å². The van der Waals surface area contributed by atoms with Crippen LogP contribution in [0.15, 0.2) is 6.20 Å². The minimum absolute atomic E-state index is 0.426. The highest BCUT2D eigenvalue weighted by atomic mass is 16.5. The topological polar surface area (TPSA) is 39.1 Å². The molecule has 1 heterocycles. The number of anilines is 1. The molecule has 98 valence electrons. The predicted molar refractivity (Wildman–Crippen MR) is 71.5 cm³/mol. The third-order valence-corrected chi connectivity index (χ3v) is 2.39. The van der Waals surface area contributed by atoms with Gasteiger partial charge in [-0.05, 0) is 26.7 Å². The van der Waals surface area contributed by atoms with Gasteiger partial charge in [-0.1, -0.05) is 13.8 Å². The van der Waals surface area contributed by atoms with Crippen LogP contribution < -0.4 is 5.32 Å². The normalized spacial score (nSPS) is 11.5. The van der Waals surface area contributed by atoms with Gasteiger partial charge in [0.1, 0.15) is 0 Å². The summed E-state index contributed by atoms with van der Waals surface area (Å²) in [5, 5.41) is 3.32. The maximum atomic E-state index is 5.52. The molecular formula is C13H25N3O. The van der Waals surface area contributed by atoms with Gasteiger partial charge in [0.25, 0.3) is 0 Å². The molecule has 0 atom stereocenters. The number of imidazole rings is 1. The van der Waals surface area contributed by atoms with Gasteiger partial charge in [0.15, 0.2) is 0 Å². The Hall–Kier alpha value is -1.03. The van der Waals surface area contributed by atoms with Crippen LogP contribution >= 0.6 is 0 Å². The Morgan fingerprint density at radius 1 is 1.35 bits per heavy atom. The fourth-order valence-corrected chi connectivity index (χ4v) is 1.59. The van der Waals surface area contributed by atoms with E-state index in [9.17, 15) is 0 Å². The van der Waals surface area contributed by atoms with Gasteiger partial charge in [0.05, 0.1) is 12.3 Å². The van der Waals surface area contributed by atoms with Crippen LogP contribution in [0.3, 0.4) is 0 Å². The first-order valence-electron chi connectivity index (χ1n) is 6.37. The van der Waals surface area contributed by atoms with Gasteiger partial charge in [-0.3, -0.25) is 0 Å². The highest BCUT2D eigenvalue weighted by Crippen LogP contribution is 2.14. The molecule has 4 heteroatoms. The van der Waals surface area contributed by atoms with E-state index in [1.54, 1.807) is 0 Å². The summed E-state index contributed by atoms with van der Waals surface area (Å²) >= 11 is 0. The molecule has 0 aliphatic rings. The third kappa shape index (κ3) is 4.77. The molecule has 1 aromatic rings. The van der Waals surface area contributed by atoms with E-state index in [0.717, 1.165) is 31.4 Å². The van der Waals surface area contributed by atoms with Crippen molar-refractivity contribution < 1.29 is 4.74 Å². The molecule has 0 amide bonds. The highest BCUT2D eigenvalue weighted by molar-refractivity contribution is 5.29. The Balaban J connectivity index is 2.36. The van der Waals surface area contributed by atoms with Gasteiger partial charge >= 0.3 is 0 Å². The molecule has 0 aliphatic heterocycles. The van der Waals surface area contributed by atoms with Crippen molar-refractivity contribution in [3.05, 3.63) is 11.9 Å². The molecule has 0 radical (unpaired) electrons. The lowest BCUT2D eigenvalue weighted by atomic mass is 10.2. The number of ether oxygens (including phenoxy) is 1. The molecule has 0 aromatic carbocycles. The molecule has 1 rings (SSSR count). The van der Waals surface area contributed by atoms with Crippen molar-refractivity contribution in [3.63, 3.8) is 0 Å². The number of nitrogens with zero attached hydrogens (tertiary/aromatic N) is 2. The first-order valence-corrected chi connectivity index (χ1v) is 6.37. The van der Waals surface area contributed by atoms with Crippen molar-refractivity contribution in [1.29, 1.82) is 0 Å². The zero-order chi connectivity index (χ0) is 12.8. The third-order valence-electron chi connectivity index (χ3n) is 2.39. The van der Waals surface area contributed by atoms with Crippen molar-refractivity contribution in [2.75, 3.05) is 25.1 Å². The van der Waals surface area contributed by atoms with Crippen LogP contribution in [-0.2, 0) is 4.74 Å². The molecule has 0 bridgehead atoms. The molecule has 17 heavy (non-hydrogen) atoms. The smallest absolute Gasteiger partial charge is 0.203 e. The van der Waals surface area contributed by atoms with Crippen LogP contribution in [0.4, 0.5) is 5.95 Å². The Kier molecular flexibility index (Phi) is 5.48. The molecule has 1 aromatic heterocycles. The monoisotopic (exact) mass is 239 g/mol. The summed E-state index contributed by atoms with van der Waals surface area (Å²) in [5.74, 6) is 1.53. The molecule has 0 fully saturated rings. The predicted octanol–water partition coefficient (Wildman–Crippen LogP) is 2.86. The van der Waals surface area contributed by atoms with Crippen molar-refractivity contribution in [3.8, 4) is 0 Å².